The average Bonchev–Trinajstić information content (AvgIpc) is 2.70. The highest BCUT2D eigenvalue weighted by atomic mass is 35.5. The van der Waals surface area contributed by atoms with Gasteiger partial charge in [0.25, 0.3) is 0 Å². The zero-order valence-corrected chi connectivity index (χ0v) is 18.4. The number of benzene rings is 2. The third-order valence-electron chi connectivity index (χ3n) is 5.81. The van der Waals surface area contributed by atoms with Crippen LogP contribution in [-0.2, 0) is 14.6 Å². The molecule has 2 aliphatic heterocycles. The largest absolute Gasteiger partial charge is 0.485 e. The van der Waals surface area contributed by atoms with Crippen molar-refractivity contribution >= 4 is 27.3 Å². The molecule has 0 radical (unpaired) electrons. The molecule has 1 saturated heterocycles. The fourth-order valence-corrected chi connectivity index (χ4v) is 5.54. The molecule has 1 N–H and O–H groups in total. The number of aliphatic hydroxyl groups is 1. The zero-order valence-electron chi connectivity index (χ0n) is 16.8. The van der Waals surface area contributed by atoms with Gasteiger partial charge in [-0.15, -0.1) is 0 Å². The standard InChI is InChI=1S/C22H24ClNO5S/c1-22(2)21(26)20(24-12-4-3-5-19(24)25)17-13-16(10-11-18(17)29-22)30(27,28)15-8-6-14(23)7-9-15/h6-11,13,20-21,26H,3-5,12H2,1-2H3/t20-,21+/m1/s1. The van der Waals surface area contributed by atoms with Crippen LogP contribution in [0, 0.1) is 0 Å². The fraction of sp³-hybridized carbons (Fsp3) is 0.409. The molecule has 2 heterocycles. The second-order valence-electron chi connectivity index (χ2n) is 8.30. The maximum Gasteiger partial charge on any atom is 0.223 e. The highest BCUT2D eigenvalue weighted by molar-refractivity contribution is 7.91. The lowest BCUT2D eigenvalue weighted by Crippen LogP contribution is -2.55. The molecule has 6 nitrogen and oxygen atoms in total. The van der Waals surface area contributed by atoms with Gasteiger partial charge >= 0.3 is 0 Å². The molecule has 8 heteroatoms. The molecular formula is C22H24ClNO5S. The summed E-state index contributed by atoms with van der Waals surface area (Å²) in [5.74, 6) is 0.434. The lowest BCUT2D eigenvalue weighted by atomic mass is 9.84. The van der Waals surface area contributed by atoms with E-state index in [2.05, 4.69) is 0 Å². The van der Waals surface area contributed by atoms with Gasteiger partial charge in [-0.2, -0.15) is 0 Å². The first-order valence-corrected chi connectivity index (χ1v) is 11.8. The van der Waals surface area contributed by atoms with Gasteiger partial charge in [-0.05, 0) is 69.2 Å². The molecule has 4 rings (SSSR count). The molecule has 160 valence electrons. The van der Waals surface area contributed by atoms with Crippen LogP contribution in [0.25, 0.3) is 0 Å². The van der Waals surface area contributed by atoms with Crippen molar-refractivity contribution in [2.24, 2.45) is 0 Å². The van der Waals surface area contributed by atoms with E-state index in [-0.39, 0.29) is 15.7 Å². The summed E-state index contributed by atoms with van der Waals surface area (Å²) in [6, 6.07) is 9.91. The van der Waals surface area contributed by atoms with Crippen LogP contribution in [0.4, 0.5) is 0 Å². The van der Waals surface area contributed by atoms with E-state index >= 15 is 0 Å². The smallest absolute Gasteiger partial charge is 0.223 e. The van der Waals surface area contributed by atoms with Gasteiger partial charge in [0.05, 0.1) is 15.8 Å². The Bertz CT molecular complexity index is 1080. The summed E-state index contributed by atoms with van der Waals surface area (Å²) in [5, 5.41) is 11.5. The van der Waals surface area contributed by atoms with Gasteiger partial charge in [0, 0.05) is 23.6 Å². The van der Waals surface area contributed by atoms with Crippen LogP contribution >= 0.6 is 11.6 Å². The maximum absolute atomic E-state index is 13.2. The third-order valence-corrected chi connectivity index (χ3v) is 7.83. The molecule has 2 atom stereocenters. The molecule has 0 unspecified atom stereocenters. The second-order valence-corrected chi connectivity index (χ2v) is 10.7. The Labute approximate surface area is 181 Å². The zero-order chi connectivity index (χ0) is 21.7. The van der Waals surface area contributed by atoms with Gasteiger partial charge in [0.2, 0.25) is 15.7 Å². The molecule has 1 amide bonds. The summed E-state index contributed by atoms with van der Waals surface area (Å²) < 4.78 is 32.3. The van der Waals surface area contributed by atoms with Crippen LogP contribution in [0.5, 0.6) is 5.75 Å². The molecule has 0 spiro atoms. The van der Waals surface area contributed by atoms with E-state index in [1.54, 1.807) is 24.8 Å². The van der Waals surface area contributed by atoms with E-state index in [1.807, 2.05) is 0 Å². The number of ether oxygens (including phenoxy) is 1. The summed E-state index contributed by atoms with van der Waals surface area (Å²) in [6.45, 7) is 4.05. The molecule has 2 aromatic carbocycles. The normalized spacial score (nSPS) is 23.6. The highest BCUT2D eigenvalue weighted by Crippen LogP contribution is 2.45. The highest BCUT2D eigenvalue weighted by Gasteiger charge is 2.47. The van der Waals surface area contributed by atoms with Crippen molar-refractivity contribution in [2.75, 3.05) is 6.54 Å². The van der Waals surface area contributed by atoms with E-state index in [0.29, 0.717) is 29.3 Å². The molecule has 2 aromatic rings. The van der Waals surface area contributed by atoms with Crippen LogP contribution in [0.1, 0.15) is 44.7 Å². The minimum atomic E-state index is -3.80. The molecule has 2 aliphatic rings. The van der Waals surface area contributed by atoms with E-state index in [0.717, 1.165) is 12.8 Å². The van der Waals surface area contributed by atoms with Gasteiger partial charge in [-0.1, -0.05) is 11.6 Å². The molecule has 1 fully saturated rings. The lowest BCUT2D eigenvalue weighted by molar-refractivity contribution is -0.147. The number of nitrogens with zero attached hydrogens (tertiary/aromatic N) is 1. The number of rotatable bonds is 3. The number of carbonyl (C=O) groups excluding carboxylic acids is 1. The van der Waals surface area contributed by atoms with Crippen molar-refractivity contribution in [3.8, 4) is 5.75 Å². The predicted octanol–water partition coefficient (Wildman–Crippen LogP) is 3.76. The number of hydrogen-bond donors (Lipinski definition) is 1. The van der Waals surface area contributed by atoms with E-state index in [1.165, 1.54) is 36.4 Å². The van der Waals surface area contributed by atoms with Gasteiger partial charge in [-0.25, -0.2) is 8.42 Å². The number of hydrogen-bond acceptors (Lipinski definition) is 5. The van der Waals surface area contributed by atoms with Crippen LogP contribution in [0.2, 0.25) is 5.02 Å². The number of halogens is 1. The minimum absolute atomic E-state index is 0.0417. The first kappa shape index (κ1) is 21.2. The molecule has 0 aromatic heterocycles. The first-order valence-electron chi connectivity index (χ1n) is 9.92. The lowest BCUT2D eigenvalue weighted by Gasteiger charge is -2.47. The van der Waals surface area contributed by atoms with Gasteiger partial charge in [-0.3, -0.25) is 4.79 Å². The van der Waals surface area contributed by atoms with Crippen molar-refractivity contribution < 1.29 is 23.1 Å². The SMILES string of the molecule is CC1(C)Oc2ccc(S(=O)(=O)c3ccc(Cl)cc3)cc2[C@@H](N2CCCCC2=O)[C@@H]1O. The first-order chi connectivity index (χ1) is 14.1. The van der Waals surface area contributed by atoms with Gasteiger partial charge in [0.15, 0.2) is 0 Å². The maximum atomic E-state index is 13.2. The van der Waals surface area contributed by atoms with Crippen molar-refractivity contribution in [1.29, 1.82) is 0 Å². The number of aliphatic hydroxyl groups excluding tert-OH is 1. The van der Waals surface area contributed by atoms with Gasteiger partial charge in [0.1, 0.15) is 17.5 Å². The summed E-state index contributed by atoms with van der Waals surface area (Å²) in [7, 11) is -3.80. The molecule has 0 saturated carbocycles. The Morgan fingerprint density at radius 1 is 1.10 bits per heavy atom. The topological polar surface area (TPSA) is 83.9 Å². The third kappa shape index (κ3) is 3.59. The second kappa shape index (κ2) is 7.55. The summed E-state index contributed by atoms with van der Waals surface area (Å²) in [6.07, 6.45) is 1.08. The average molecular weight is 450 g/mol. The Morgan fingerprint density at radius 3 is 2.43 bits per heavy atom. The number of piperidine rings is 1. The van der Waals surface area contributed by atoms with Crippen molar-refractivity contribution in [3.05, 3.63) is 53.1 Å². The Morgan fingerprint density at radius 2 is 1.77 bits per heavy atom. The Kier molecular flexibility index (Phi) is 5.33. The summed E-state index contributed by atoms with van der Waals surface area (Å²) >= 11 is 5.89. The van der Waals surface area contributed by atoms with E-state index in [4.69, 9.17) is 16.3 Å². The minimum Gasteiger partial charge on any atom is -0.485 e. The van der Waals surface area contributed by atoms with Crippen LogP contribution in [0.3, 0.4) is 0 Å². The summed E-state index contributed by atoms with van der Waals surface area (Å²) in [5.41, 5.74) is -0.418. The monoisotopic (exact) mass is 449 g/mol. The van der Waals surface area contributed by atoms with Crippen LogP contribution in [-0.4, -0.2) is 42.6 Å². The Balaban J connectivity index is 1.83. The predicted molar refractivity (Wildman–Crippen MR) is 112 cm³/mol. The summed E-state index contributed by atoms with van der Waals surface area (Å²) in [4.78, 5) is 14.5. The van der Waals surface area contributed by atoms with Crippen molar-refractivity contribution in [3.63, 3.8) is 0 Å². The molecular weight excluding hydrogens is 426 g/mol. The van der Waals surface area contributed by atoms with E-state index < -0.39 is 27.6 Å². The van der Waals surface area contributed by atoms with Crippen molar-refractivity contribution in [1.82, 2.24) is 4.90 Å². The number of fused-ring (bicyclic) bond motifs is 1. The quantitative estimate of drug-likeness (QED) is 0.771. The Hall–Kier alpha value is -2.09. The van der Waals surface area contributed by atoms with Gasteiger partial charge < -0.3 is 14.7 Å². The number of amides is 1. The van der Waals surface area contributed by atoms with Crippen LogP contribution < -0.4 is 4.74 Å². The molecule has 0 aliphatic carbocycles. The van der Waals surface area contributed by atoms with E-state index in [9.17, 15) is 18.3 Å². The fourth-order valence-electron chi connectivity index (χ4n) is 4.12. The number of likely N-dealkylation sites (tertiary alicyclic amines) is 1. The van der Waals surface area contributed by atoms with Crippen molar-refractivity contribution in [2.45, 2.75) is 60.6 Å². The molecule has 0 bridgehead atoms. The number of carbonyl (C=O) groups is 1. The van der Waals surface area contributed by atoms with Crippen LogP contribution in [0.15, 0.2) is 52.3 Å². The number of sulfone groups is 1. The molecule has 30 heavy (non-hydrogen) atoms.